The van der Waals surface area contributed by atoms with Gasteiger partial charge in [0.05, 0.1) is 27.6 Å². The summed E-state index contributed by atoms with van der Waals surface area (Å²) >= 11 is 0. The number of aromatic nitrogens is 5. The Kier molecular flexibility index (Phi) is 5.89. The zero-order valence-corrected chi connectivity index (χ0v) is 27.5. The Morgan fingerprint density at radius 1 is 0.333 bits per heavy atom. The van der Waals surface area contributed by atoms with Gasteiger partial charge in [0.25, 0.3) is 0 Å². The van der Waals surface area contributed by atoms with Crippen molar-refractivity contribution in [2.45, 2.75) is 0 Å². The van der Waals surface area contributed by atoms with Crippen LogP contribution >= 0.6 is 0 Å². The minimum atomic E-state index is 0.689. The lowest BCUT2D eigenvalue weighted by Crippen LogP contribution is -2.05. The molecule has 0 fully saturated rings. The molecule has 0 radical (unpaired) electrons. The third-order valence-corrected chi connectivity index (χ3v) is 10.2. The minimum absolute atomic E-state index is 0.689. The number of hydrogen-bond donors (Lipinski definition) is 0. The smallest absolute Gasteiger partial charge is 0.166 e. The van der Waals surface area contributed by atoms with Crippen LogP contribution in [0.25, 0.3) is 94.1 Å². The molecule has 238 valence electrons. The quantitative estimate of drug-likeness (QED) is 0.190. The zero-order chi connectivity index (χ0) is 33.5. The van der Waals surface area contributed by atoms with Crippen LogP contribution in [0, 0.1) is 0 Å². The number of para-hydroxylation sites is 6. The first kappa shape index (κ1) is 27.9. The van der Waals surface area contributed by atoms with Crippen molar-refractivity contribution in [2.75, 3.05) is 0 Å². The van der Waals surface area contributed by atoms with E-state index < -0.39 is 0 Å². The highest BCUT2D eigenvalue weighted by Crippen LogP contribution is 2.40. The maximum atomic E-state index is 5.57. The largest absolute Gasteiger partial charge is 0.309 e. The molecule has 0 saturated carbocycles. The molecule has 11 rings (SSSR count). The van der Waals surface area contributed by atoms with Gasteiger partial charge < -0.3 is 9.13 Å². The molecule has 4 aromatic heterocycles. The van der Waals surface area contributed by atoms with Gasteiger partial charge in [-0.1, -0.05) is 109 Å². The summed E-state index contributed by atoms with van der Waals surface area (Å²) in [5.41, 5.74) is 10.7. The second-order valence-electron chi connectivity index (χ2n) is 13.0. The Balaban J connectivity index is 1.28. The van der Waals surface area contributed by atoms with E-state index in [9.17, 15) is 0 Å². The van der Waals surface area contributed by atoms with E-state index >= 15 is 0 Å². The average molecular weight is 652 g/mol. The molecule has 11 aromatic rings. The third kappa shape index (κ3) is 4.03. The average Bonchev–Trinajstić information content (AvgIpc) is 3.84. The fraction of sp³-hybridized carbons (Fsp3) is 0. The number of nitrogens with zero attached hydrogens (tertiary/aromatic N) is 5. The first-order valence-electron chi connectivity index (χ1n) is 17.3. The lowest BCUT2D eigenvalue weighted by Gasteiger charge is -2.14. The highest BCUT2D eigenvalue weighted by atomic mass is 15.1. The van der Waals surface area contributed by atoms with Gasteiger partial charge in [0.2, 0.25) is 0 Å². The van der Waals surface area contributed by atoms with Gasteiger partial charge in [-0.15, -0.1) is 0 Å². The van der Waals surface area contributed by atoms with Gasteiger partial charge in [-0.2, -0.15) is 0 Å². The predicted octanol–water partition coefficient (Wildman–Crippen LogP) is 11.4. The first-order chi connectivity index (χ1) is 25.3. The SMILES string of the molecule is c1ccc(-n2c3ccccc3c3cc(-c4nc(-n5c6ccccc6c6ccccc65)c5c(n4)c4ccccc4n5-c4ccccc4)ccc32)cc1. The summed E-state index contributed by atoms with van der Waals surface area (Å²) in [5, 5.41) is 5.84. The van der Waals surface area contributed by atoms with Crippen molar-refractivity contribution in [3.05, 3.63) is 176 Å². The molecule has 0 atom stereocenters. The first-order valence-corrected chi connectivity index (χ1v) is 17.3. The van der Waals surface area contributed by atoms with Crippen LogP contribution in [0.1, 0.15) is 0 Å². The van der Waals surface area contributed by atoms with Crippen molar-refractivity contribution in [3.63, 3.8) is 0 Å². The summed E-state index contributed by atoms with van der Waals surface area (Å²) in [5.74, 6) is 1.54. The van der Waals surface area contributed by atoms with Gasteiger partial charge in [0.1, 0.15) is 11.0 Å². The summed E-state index contributed by atoms with van der Waals surface area (Å²) in [7, 11) is 0. The highest BCUT2D eigenvalue weighted by Gasteiger charge is 2.24. The molecule has 0 amide bonds. The van der Waals surface area contributed by atoms with Crippen molar-refractivity contribution in [1.29, 1.82) is 0 Å². The van der Waals surface area contributed by atoms with E-state index in [1.54, 1.807) is 0 Å². The zero-order valence-electron chi connectivity index (χ0n) is 27.5. The van der Waals surface area contributed by atoms with E-state index in [2.05, 4.69) is 190 Å². The Bertz CT molecular complexity index is 3080. The van der Waals surface area contributed by atoms with Crippen molar-refractivity contribution in [2.24, 2.45) is 0 Å². The maximum absolute atomic E-state index is 5.57. The normalized spacial score (nSPS) is 11.9. The van der Waals surface area contributed by atoms with Gasteiger partial charge in [0.15, 0.2) is 11.6 Å². The number of benzene rings is 7. The number of rotatable bonds is 4. The predicted molar refractivity (Wildman–Crippen MR) is 210 cm³/mol. The van der Waals surface area contributed by atoms with Crippen LogP contribution < -0.4 is 0 Å². The molecular formula is C46H29N5. The van der Waals surface area contributed by atoms with E-state index in [0.717, 1.165) is 61.2 Å². The lowest BCUT2D eigenvalue weighted by molar-refractivity contribution is 1.05. The topological polar surface area (TPSA) is 40.6 Å². The summed E-state index contributed by atoms with van der Waals surface area (Å²) in [6.07, 6.45) is 0. The molecule has 0 spiro atoms. The van der Waals surface area contributed by atoms with Gasteiger partial charge in [-0.05, 0) is 66.7 Å². The Morgan fingerprint density at radius 2 is 0.784 bits per heavy atom. The van der Waals surface area contributed by atoms with Crippen LogP contribution in [0.15, 0.2) is 176 Å². The number of fused-ring (bicyclic) bond motifs is 9. The molecule has 0 saturated heterocycles. The molecule has 7 aromatic carbocycles. The van der Waals surface area contributed by atoms with Gasteiger partial charge in [-0.3, -0.25) is 4.57 Å². The molecule has 51 heavy (non-hydrogen) atoms. The van der Waals surface area contributed by atoms with Crippen molar-refractivity contribution in [3.8, 4) is 28.6 Å². The van der Waals surface area contributed by atoms with Crippen LogP contribution in [-0.2, 0) is 0 Å². The Labute approximate surface area is 292 Å². The van der Waals surface area contributed by atoms with Gasteiger partial charge >= 0.3 is 0 Å². The van der Waals surface area contributed by atoms with Crippen LogP contribution in [0.2, 0.25) is 0 Å². The summed E-state index contributed by atoms with van der Waals surface area (Å²) in [6.45, 7) is 0. The molecule has 0 aliphatic rings. The van der Waals surface area contributed by atoms with Crippen molar-refractivity contribution in [1.82, 2.24) is 23.7 Å². The molecule has 0 bridgehead atoms. The molecule has 0 aliphatic heterocycles. The molecule has 0 N–H and O–H groups in total. The molecule has 5 nitrogen and oxygen atoms in total. The summed E-state index contributed by atoms with van der Waals surface area (Å²) in [6, 6.07) is 62.3. The van der Waals surface area contributed by atoms with E-state index in [0.29, 0.717) is 5.82 Å². The second-order valence-corrected chi connectivity index (χ2v) is 13.0. The van der Waals surface area contributed by atoms with Crippen molar-refractivity contribution < 1.29 is 0 Å². The Morgan fingerprint density at radius 3 is 1.39 bits per heavy atom. The van der Waals surface area contributed by atoms with E-state index in [1.807, 2.05) is 0 Å². The van der Waals surface area contributed by atoms with Gasteiger partial charge in [-0.25, -0.2) is 9.97 Å². The number of hydrogen-bond acceptors (Lipinski definition) is 2. The van der Waals surface area contributed by atoms with Crippen LogP contribution in [0.4, 0.5) is 0 Å². The minimum Gasteiger partial charge on any atom is -0.309 e. The molecule has 5 heteroatoms. The monoisotopic (exact) mass is 651 g/mol. The van der Waals surface area contributed by atoms with Crippen LogP contribution in [0.3, 0.4) is 0 Å². The molecule has 0 unspecified atom stereocenters. The Hall–Kier alpha value is -6.98. The summed E-state index contributed by atoms with van der Waals surface area (Å²) in [4.78, 5) is 11.0. The van der Waals surface area contributed by atoms with E-state index in [4.69, 9.17) is 9.97 Å². The maximum Gasteiger partial charge on any atom is 0.166 e. The van der Waals surface area contributed by atoms with Crippen LogP contribution in [-0.4, -0.2) is 23.7 Å². The lowest BCUT2D eigenvalue weighted by atomic mass is 10.1. The third-order valence-electron chi connectivity index (χ3n) is 10.2. The fourth-order valence-electron chi connectivity index (χ4n) is 8.07. The molecule has 0 aliphatic carbocycles. The van der Waals surface area contributed by atoms with E-state index in [1.165, 1.54) is 27.1 Å². The highest BCUT2D eigenvalue weighted by molar-refractivity contribution is 6.14. The fourth-order valence-corrected chi connectivity index (χ4v) is 8.07. The van der Waals surface area contributed by atoms with Gasteiger partial charge in [0, 0.05) is 43.9 Å². The van der Waals surface area contributed by atoms with Crippen LogP contribution in [0.5, 0.6) is 0 Å². The second kappa shape index (κ2) is 10.8. The molecular weight excluding hydrogens is 623 g/mol. The standard InChI is InChI=1S/C46H29N5/c1-3-15-31(16-4-1)49-38-23-11-9-21-35(38)37-29-30(27-28-42(37)49)45-47-43-36-22-10-14-26-41(36)50(32-17-5-2-6-18-32)44(43)46(48-45)51-39-24-12-7-19-33(39)34-20-8-13-25-40(34)51/h1-29H. The molecule has 4 heterocycles. The summed E-state index contributed by atoms with van der Waals surface area (Å²) < 4.78 is 7.00. The van der Waals surface area contributed by atoms with E-state index in [-0.39, 0.29) is 0 Å². The van der Waals surface area contributed by atoms with Crippen molar-refractivity contribution >= 4 is 65.5 Å².